The van der Waals surface area contributed by atoms with Crippen molar-refractivity contribution in [2.24, 2.45) is 0 Å². The summed E-state index contributed by atoms with van der Waals surface area (Å²) in [6.45, 7) is 37.1. The SMILES string of the molecule is CC(C)(C)c1ccc(C(C)(C)C)c2c1CCCC2.CC(C)(C)c1ccc(C(C)(C)C)c2ccccc12.CCc1ccc(C(C)(C)CC)c2c1CCC2. The number of benzene rings is 4. The molecule has 4 aromatic carbocycles. The zero-order valence-electron chi connectivity index (χ0n) is 36.6. The standard InChI is InChI=1S/C18H28.C18H24.C16H24/c2*1-17(2,3)15-11-12-16(18(4,5)6)14-10-8-7-9-13(14)15;1-5-12-10-11-15(16(3,4)6-2)14-9-7-8-13(12)14/h11-12H,7-10H2,1-6H3;7-12H,1-6H3;10-11H,5-9H2,1-4H3. The van der Waals surface area contributed by atoms with Gasteiger partial charge in [-0.25, -0.2) is 0 Å². The molecule has 2 aliphatic rings. The summed E-state index contributed by atoms with van der Waals surface area (Å²) in [5.41, 5.74) is 17.2. The molecule has 0 bridgehead atoms. The number of rotatable bonds is 3. The van der Waals surface area contributed by atoms with E-state index in [0.29, 0.717) is 5.41 Å². The van der Waals surface area contributed by atoms with Crippen LogP contribution in [0.3, 0.4) is 0 Å². The molecule has 0 aromatic heterocycles. The molecule has 0 spiro atoms. The molecule has 0 N–H and O–H groups in total. The third-order valence-electron chi connectivity index (χ3n) is 12.1. The molecule has 2 aliphatic carbocycles. The number of fused-ring (bicyclic) bond motifs is 3. The summed E-state index contributed by atoms with van der Waals surface area (Å²) < 4.78 is 0. The molecule has 0 aliphatic heterocycles. The molecule has 0 radical (unpaired) electrons. The van der Waals surface area contributed by atoms with Crippen LogP contribution in [-0.4, -0.2) is 0 Å². The maximum Gasteiger partial charge on any atom is -0.0103 e. The highest BCUT2D eigenvalue weighted by Gasteiger charge is 2.28. The Balaban J connectivity index is 0.000000175. The summed E-state index contributed by atoms with van der Waals surface area (Å²) >= 11 is 0. The molecular weight excluding hydrogens is 625 g/mol. The van der Waals surface area contributed by atoms with Crippen molar-refractivity contribution >= 4 is 10.8 Å². The summed E-state index contributed by atoms with van der Waals surface area (Å²) in [6.07, 6.45) is 11.7. The first-order chi connectivity index (χ1) is 24.0. The highest BCUT2D eigenvalue weighted by molar-refractivity contribution is 5.90. The van der Waals surface area contributed by atoms with Crippen LogP contribution < -0.4 is 0 Å². The fourth-order valence-corrected chi connectivity index (χ4v) is 8.82. The number of hydrogen-bond donors (Lipinski definition) is 0. The average molecular weight is 701 g/mol. The Morgan fingerprint density at radius 3 is 1.12 bits per heavy atom. The van der Waals surface area contributed by atoms with E-state index in [1.165, 1.54) is 79.7 Å². The summed E-state index contributed by atoms with van der Waals surface area (Å²) in [7, 11) is 0. The molecule has 4 aromatic rings. The van der Waals surface area contributed by atoms with E-state index in [4.69, 9.17) is 0 Å². The van der Waals surface area contributed by atoms with Crippen molar-refractivity contribution in [1.29, 1.82) is 0 Å². The van der Waals surface area contributed by atoms with Gasteiger partial charge in [-0.15, -0.1) is 0 Å². The molecule has 0 atom stereocenters. The topological polar surface area (TPSA) is 0 Å². The van der Waals surface area contributed by atoms with E-state index in [2.05, 4.69) is 171 Å². The van der Waals surface area contributed by atoms with Crippen LogP contribution in [0.1, 0.15) is 192 Å². The van der Waals surface area contributed by atoms with Gasteiger partial charge in [0.2, 0.25) is 0 Å². The Labute approximate surface area is 321 Å². The predicted octanol–water partition coefficient (Wildman–Crippen LogP) is 15.0. The first-order valence-corrected chi connectivity index (χ1v) is 20.8. The summed E-state index contributed by atoms with van der Waals surface area (Å²) in [4.78, 5) is 0. The molecular formula is C52H76. The smallest absolute Gasteiger partial charge is 0.0103 e. The van der Waals surface area contributed by atoms with Crippen molar-refractivity contribution in [3.05, 3.63) is 116 Å². The quantitative estimate of drug-likeness (QED) is 0.200. The van der Waals surface area contributed by atoms with Gasteiger partial charge in [-0.1, -0.05) is 171 Å². The minimum Gasteiger partial charge on any atom is -0.0646 e. The summed E-state index contributed by atoms with van der Waals surface area (Å²) in [6, 6.07) is 23.0. The van der Waals surface area contributed by atoms with Crippen molar-refractivity contribution in [3.63, 3.8) is 0 Å². The maximum absolute atomic E-state index is 2.40. The second-order valence-electron chi connectivity index (χ2n) is 20.7. The van der Waals surface area contributed by atoms with Gasteiger partial charge < -0.3 is 0 Å². The predicted molar refractivity (Wildman–Crippen MR) is 233 cm³/mol. The Kier molecular flexibility index (Phi) is 12.8. The number of hydrogen-bond acceptors (Lipinski definition) is 0. The first kappa shape index (κ1) is 41.9. The molecule has 0 nitrogen and oxygen atoms in total. The van der Waals surface area contributed by atoms with Gasteiger partial charge in [-0.2, -0.15) is 0 Å². The minimum atomic E-state index is 0.190. The lowest BCUT2D eigenvalue weighted by molar-refractivity contribution is 0.501. The molecule has 52 heavy (non-hydrogen) atoms. The highest BCUT2D eigenvalue weighted by Crippen LogP contribution is 2.40. The zero-order valence-corrected chi connectivity index (χ0v) is 36.6. The van der Waals surface area contributed by atoms with Crippen molar-refractivity contribution in [2.45, 2.75) is 196 Å². The maximum atomic E-state index is 2.40. The van der Waals surface area contributed by atoms with Gasteiger partial charge in [0.25, 0.3) is 0 Å². The van der Waals surface area contributed by atoms with Gasteiger partial charge in [-0.05, 0) is 151 Å². The van der Waals surface area contributed by atoms with Gasteiger partial charge in [0.05, 0.1) is 0 Å². The van der Waals surface area contributed by atoms with E-state index < -0.39 is 0 Å². The fraction of sp³-hybridized carbons (Fsp3) is 0.577. The Hall–Kier alpha value is -2.86. The zero-order chi connectivity index (χ0) is 38.9. The Morgan fingerprint density at radius 1 is 0.385 bits per heavy atom. The van der Waals surface area contributed by atoms with Crippen LogP contribution in [0, 0.1) is 0 Å². The van der Waals surface area contributed by atoms with Crippen molar-refractivity contribution in [2.75, 3.05) is 0 Å². The van der Waals surface area contributed by atoms with E-state index in [9.17, 15) is 0 Å². The van der Waals surface area contributed by atoms with E-state index in [0.717, 1.165) is 0 Å². The van der Waals surface area contributed by atoms with E-state index >= 15 is 0 Å². The van der Waals surface area contributed by atoms with Crippen LogP contribution in [0.5, 0.6) is 0 Å². The van der Waals surface area contributed by atoms with Crippen LogP contribution in [0.25, 0.3) is 10.8 Å². The molecule has 0 unspecified atom stereocenters. The fourth-order valence-electron chi connectivity index (χ4n) is 8.82. The Morgan fingerprint density at radius 2 is 0.731 bits per heavy atom. The Bertz CT molecular complexity index is 1720. The molecule has 0 fully saturated rings. The second-order valence-corrected chi connectivity index (χ2v) is 20.7. The van der Waals surface area contributed by atoms with Gasteiger partial charge in [0.15, 0.2) is 0 Å². The molecule has 0 saturated heterocycles. The van der Waals surface area contributed by atoms with E-state index in [1.54, 1.807) is 44.5 Å². The van der Waals surface area contributed by atoms with Gasteiger partial charge >= 0.3 is 0 Å². The molecule has 284 valence electrons. The average Bonchev–Trinajstić information content (AvgIpc) is 3.56. The third kappa shape index (κ3) is 9.43. The van der Waals surface area contributed by atoms with Gasteiger partial charge in [0.1, 0.15) is 0 Å². The largest absolute Gasteiger partial charge is 0.0646 e. The summed E-state index contributed by atoms with van der Waals surface area (Å²) in [5, 5.41) is 2.80. The second kappa shape index (κ2) is 15.9. The lowest BCUT2D eigenvalue weighted by atomic mass is 9.72. The molecule has 0 heteroatoms. The van der Waals surface area contributed by atoms with Crippen molar-refractivity contribution < 1.29 is 0 Å². The molecule has 0 heterocycles. The van der Waals surface area contributed by atoms with E-state index in [1.807, 2.05) is 0 Å². The minimum absolute atomic E-state index is 0.190. The first-order valence-electron chi connectivity index (χ1n) is 20.8. The highest BCUT2D eigenvalue weighted by atomic mass is 14.3. The van der Waals surface area contributed by atoms with Gasteiger partial charge in [0, 0.05) is 0 Å². The molecule has 6 rings (SSSR count). The van der Waals surface area contributed by atoms with Crippen molar-refractivity contribution in [3.8, 4) is 0 Å². The van der Waals surface area contributed by atoms with Crippen LogP contribution in [0.15, 0.2) is 60.7 Å². The normalized spacial score (nSPS) is 14.9. The van der Waals surface area contributed by atoms with Crippen LogP contribution in [0.4, 0.5) is 0 Å². The van der Waals surface area contributed by atoms with Crippen LogP contribution in [0.2, 0.25) is 0 Å². The summed E-state index contributed by atoms with van der Waals surface area (Å²) in [5.74, 6) is 0. The monoisotopic (exact) mass is 701 g/mol. The van der Waals surface area contributed by atoms with E-state index in [-0.39, 0.29) is 21.7 Å². The third-order valence-corrected chi connectivity index (χ3v) is 12.1. The van der Waals surface area contributed by atoms with Crippen molar-refractivity contribution in [1.82, 2.24) is 0 Å². The lowest BCUT2D eigenvalue weighted by Gasteiger charge is -2.33. The van der Waals surface area contributed by atoms with Gasteiger partial charge in [-0.3, -0.25) is 0 Å². The number of aryl methyl sites for hydroxylation is 1. The lowest BCUT2D eigenvalue weighted by Crippen LogP contribution is -2.23. The molecule has 0 amide bonds. The van der Waals surface area contributed by atoms with Crippen LogP contribution in [-0.2, 0) is 59.2 Å². The van der Waals surface area contributed by atoms with Crippen LogP contribution >= 0.6 is 0 Å². The molecule has 0 saturated carbocycles.